The number of rotatable bonds is 4. The highest BCUT2D eigenvalue weighted by molar-refractivity contribution is 5.45. The van der Waals surface area contributed by atoms with Crippen LogP contribution in [0.5, 0.6) is 11.5 Å². The Kier molecular flexibility index (Phi) is 3.65. The number of hydrogen-bond acceptors (Lipinski definition) is 3. The summed E-state index contributed by atoms with van der Waals surface area (Å²) < 4.78 is 11.2. The lowest BCUT2D eigenvalue weighted by molar-refractivity contribution is 0.167. The fourth-order valence-corrected chi connectivity index (χ4v) is 3.12. The third kappa shape index (κ3) is 2.44. The van der Waals surface area contributed by atoms with Crippen LogP contribution in [0.15, 0.2) is 18.2 Å². The van der Waals surface area contributed by atoms with Crippen molar-refractivity contribution in [3.8, 4) is 11.5 Å². The van der Waals surface area contributed by atoms with Gasteiger partial charge in [0.25, 0.3) is 0 Å². The minimum Gasteiger partial charge on any atom is -0.486 e. The highest BCUT2D eigenvalue weighted by Gasteiger charge is 2.38. The SMILES string of the molecule is CCCNC1CC(c2ccc3c(c2)OCCO3)C1C. The van der Waals surface area contributed by atoms with E-state index in [2.05, 4.69) is 37.4 Å². The summed E-state index contributed by atoms with van der Waals surface area (Å²) in [4.78, 5) is 0. The van der Waals surface area contributed by atoms with Crippen LogP contribution in [0.25, 0.3) is 0 Å². The van der Waals surface area contributed by atoms with E-state index >= 15 is 0 Å². The lowest BCUT2D eigenvalue weighted by Crippen LogP contribution is -2.48. The first-order valence-corrected chi connectivity index (χ1v) is 7.42. The van der Waals surface area contributed by atoms with Crippen molar-refractivity contribution in [1.82, 2.24) is 5.32 Å². The van der Waals surface area contributed by atoms with E-state index in [0.717, 1.165) is 18.0 Å². The summed E-state index contributed by atoms with van der Waals surface area (Å²) in [5, 5.41) is 3.62. The molecule has 3 nitrogen and oxygen atoms in total. The maximum Gasteiger partial charge on any atom is 0.161 e. The maximum absolute atomic E-state index is 5.67. The van der Waals surface area contributed by atoms with Gasteiger partial charge in [-0.25, -0.2) is 0 Å². The van der Waals surface area contributed by atoms with Crippen molar-refractivity contribution in [2.75, 3.05) is 19.8 Å². The normalized spacial score (nSPS) is 28.8. The third-order valence-corrected chi connectivity index (χ3v) is 4.43. The van der Waals surface area contributed by atoms with E-state index in [4.69, 9.17) is 9.47 Å². The lowest BCUT2D eigenvalue weighted by Gasteiger charge is -2.44. The van der Waals surface area contributed by atoms with Gasteiger partial charge in [0.15, 0.2) is 11.5 Å². The highest BCUT2D eigenvalue weighted by Crippen LogP contribution is 2.44. The van der Waals surface area contributed by atoms with E-state index in [1.807, 2.05) is 0 Å². The summed E-state index contributed by atoms with van der Waals surface area (Å²) in [6, 6.07) is 7.11. The van der Waals surface area contributed by atoms with Gasteiger partial charge >= 0.3 is 0 Å². The number of fused-ring (bicyclic) bond motifs is 1. The Labute approximate surface area is 115 Å². The van der Waals surface area contributed by atoms with Gasteiger partial charge in [0.2, 0.25) is 0 Å². The summed E-state index contributed by atoms with van der Waals surface area (Å²) in [5.41, 5.74) is 1.39. The topological polar surface area (TPSA) is 30.5 Å². The van der Waals surface area contributed by atoms with Gasteiger partial charge in [0.05, 0.1) is 0 Å². The monoisotopic (exact) mass is 261 g/mol. The van der Waals surface area contributed by atoms with Crippen LogP contribution in [0.2, 0.25) is 0 Å². The molecule has 1 aliphatic heterocycles. The second-order valence-corrected chi connectivity index (χ2v) is 5.67. The first-order chi connectivity index (χ1) is 9.29. The molecule has 1 fully saturated rings. The molecule has 0 amide bonds. The van der Waals surface area contributed by atoms with Gasteiger partial charge in [-0.05, 0) is 48.9 Å². The zero-order valence-electron chi connectivity index (χ0n) is 11.8. The molecule has 0 saturated heterocycles. The molecule has 1 N–H and O–H groups in total. The van der Waals surface area contributed by atoms with Crippen LogP contribution in [0, 0.1) is 5.92 Å². The molecule has 1 aromatic rings. The summed E-state index contributed by atoms with van der Waals surface area (Å²) in [6.45, 7) is 7.02. The molecule has 1 saturated carbocycles. The zero-order valence-corrected chi connectivity index (χ0v) is 11.8. The predicted octanol–water partition coefficient (Wildman–Crippen LogP) is 2.95. The third-order valence-electron chi connectivity index (χ3n) is 4.43. The van der Waals surface area contributed by atoms with Crippen LogP contribution in [-0.4, -0.2) is 25.8 Å². The van der Waals surface area contributed by atoms with Crippen molar-refractivity contribution in [2.24, 2.45) is 5.92 Å². The van der Waals surface area contributed by atoms with Gasteiger partial charge in [-0.15, -0.1) is 0 Å². The van der Waals surface area contributed by atoms with E-state index in [-0.39, 0.29) is 0 Å². The molecule has 3 rings (SSSR count). The molecular weight excluding hydrogens is 238 g/mol. The molecule has 104 valence electrons. The van der Waals surface area contributed by atoms with Crippen LogP contribution in [-0.2, 0) is 0 Å². The molecule has 0 radical (unpaired) electrons. The van der Waals surface area contributed by atoms with Crippen molar-refractivity contribution < 1.29 is 9.47 Å². The van der Waals surface area contributed by atoms with Crippen LogP contribution >= 0.6 is 0 Å². The fraction of sp³-hybridized carbons (Fsp3) is 0.625. The van der Waals surface area contributed by atoms with Crippen LogP contribution in [0.4, 0.5) is 0 Å². The highest BCUT2D eigenvalue weighted by atomic mass is 16.6. The largest absolute Gasteiger partial charge is 0.486 e. The Morgan fingerprint density at radius 3 is 2.74 bits per heavy atom. The number of hydrogen-bond donors (Lipinski definition) is 1. The molecule has 0 spiro atoms. The van der Waals surface area contributed by atoms with E-state index in [1.165, 1.54) is 18.4 Å². The Bertz CT molecular complexity index is 446. The van der Waals surface area contributed by atoms with Gasteiger partial charge in [-0.3, -0.25) is 0 Å². The van der Waals surface area contributed by atoms with Gasteiger partial charge in [0, 0.05) is 6.04 Å². The molecule has 19 heavy (non-hydrogen) atoms. The minimum absolute atomic E-state index is 0.658. The Balaban J connectivity index is 1.67. The first-order valence-electron chi connectivity index (χ1n) is 7.42. The molecule has 3 unspecified atom stereocenters. The average molecular weight is 261 g/mol. The number of ether oxygens (including phenoxy) is 2. The van der Waals surface area contributed by atoms with Crippen LogP contribution in [0.1, 0.15) is 38.2 Å². The van der Waals surface area contributed by atoms with Gasteiger partial charge in [0.1, 0.15) is 13.2 Å². The van der Waals surface area contributed by atoms with Gasteiger partial charge in [-0.2, -0.15) is 0 Å². The molecule has 2 aliphatic rings. The second-order valence-electron chi connectivity index (χ2n) is 5.67. The molecule has 0 bridgehead atoms. The first kappa shape index (κ1) is 12.8. The number of benzene rings is 1. The summed E-state index contributed by atoms with van der Waals surface area (Å²) >= 11 is 0. The summed E-state index contributed by atoms with van der Waals surface area (Å²) in [6.07, 6.45) is 2.44. The molecule has 0 aromatic heterocycles. The average Bonchev–Trinajstić information content (AvgIpc) is 2.45. The summed E-state index contributed by atoms with van der Waals surface area (Å²) in [5.74, 6) is 3.17. The molecule has 1 aromatic carbocycles. The zero-order chi connectivity index (χ0) is 13.2. The van der Waals surface area contributed by atoms with E-state index in [1.54, 1.807) is 0 Å². The second kappa shape index (κ2) is 5.41. The smallest absolute Gasteiger partial charge is 0.161 e. The van der Waals surface area contributed by atoms with Crippen molar-refractivity contribution >= 4 is 0 Å². The Morgan fingerprint density at radius 2 is 2.00 bits per heavy atom. The predicted molar refractivity (Wildman–Crippen MR) is 76.0 cm³/mol. The molecule has 1 heterocycles. The van der Waals surface area contributed by atoms with E-state index < -0.39 is 0 Å². The maximum atomic E-state index is 5.67. The fourth-order valence-electron chi connectivity index (χ4n) is 3.12. The van der Waals surface area contributed by atoms with Gasteiger partial charge in [-0.1, -0.05) is 19.9 Å². The van der Waals surface area contributed by atoms with Crippen molar-refractivity contribution in [3.63, 3.8) is 0 Å². The molecule has 1 aliphatic carbocycles. The number of nitrogens with one attached hydrogen (secondary N) is 1. The summed E-state index contributed by atoms with van der Waals surface area (Å²) in [7, 11) is 0. The van der Waals surface area contributed by atoms with Crippen molar-refractivity contribution in [1.29, 1.82) is 0 Å². The van der Waals surface area contributed by atoms with Gasteiger partial charge < -0.3 is 14.8 Å². The van der Waals surface area contributed by atoms with E-state index in [9.17, 15) is 0 Å². The Hall–Kier alpha value is -1.22. The standard InChI is InChI=1S/C16H23NO2/c1-3-6-17-14-10-13(11(14)2)12-4-5-15-16(9-12)19-8-7-18-15/h4-5,9,11,13-14,17H,3,6-8,10H2,1-2H3. The van der Waals surface area contributed by atoms with Crippen LogP contribution in [0.3, 0.4) is 0 Å². The van der Waals surface area contributed by atoms with Crippen LogP contribution < -0.4 is 14.8 Å². The molecule has 3 heteroatoms. The molecule has 3 atom stereocenters. The quantitative estimate of drug-likeness (QED) is 0.904. The van der Waals surface area contributed by atoms with Crippen molar-refractivity contribution in [3.05, 3.63) is 23.8 Å². The molecular formula is C16H23NO2. The van der Waals surface area contributed by atoms with E-state index in [0.29, 0.717) is 31.1 Å². The lowest BCUT2D eigenvalue weighted by atomic mass is 9.67. The van der Waals surface area contributed by atoms with Crippen molar-refractivity contribution in [2.45, 2.75) is 38.6 Å². The Morgan fingerprint density at radius 1 is 1.21 bits per heavy atom. The minimum atomic E-state index is 0.658.